The highest BCUT2D eigenvalue weighted by Crippen LogP contribution is 2.55. The van der Waals surface area contributed by atoms with Crippen LogP contribution < -0.4 is 4.90 Å². The van der Waals surface area contributed by atoms with Gasteiger partial charge in [0.1, 0.15) is 11.2 Å². The Morgan fingerprint density at radius 3 is 1.89 bits per heavy atom. The summed E-state index contributed by atoms with van der Waals surface area (Å²) in [6.45, 7) is 7.17. The average Bonchev–Trinajstić information content (AvgIpc) is 3.83. The van der Waals surface area contributed by atoms with E-state index in [9.17, 15) is 0 Å². The zero-order valence-corrected chi connectivity index (χ0v) is 36.3. The van der Waals surface area contributed by atoms with Crippen LogP contribution in [-0.4, -0.2) is 0 Å². The van der Waals surface area contributed by atoms with Crippen molar-refractivity contribution in [3.8, 4) is 44.5 Å². The lowest BCUT2D eigenvalue weighted by Gasteiger charge is -2.31. The summed E-state index contributed by atoms with van der Waals surface area (Å²) in [5.41, 5.74) is 20.3. The molecule has 0 amide bonds. The molecular formula is C62H47NO. The van der Waals surface area contributed by atoms with E-state index in [1.165, 1.54) is 60.9 Å². The Morgan fingerprint density at radius 1 is 0.500 bits per heavy atom. The molecule has 0 spiro atoms. The molecular weight excluding hydrogens is 775 g/mol. The lowest BCUT2D eigenvalue weighted by molar-refractivity contribution is 0.566. The minimum Gasteiger partial charge on any atom is -0.456 e. The monoisotopic (exact) mass is 821 g/mol. The molecule has 2 nitrogen and oxygen atoms in total. The summed E-state index contributed by atoms with van der Waals surface area (Å²) in [4.78, 5) is 2.49. The van der Waals surface area contributed by atoms with Crippen molar-refractivity contribution < 1.29 is 4.42 Å². The standard InChI is InChI=1S/C62H47NO/c1-40-30-36-53-55(38-40)62(2,3)54-26-15-25-52(61(53)54)48-21-8-11-28-57(48)63(45-34-31-41(32-35-45)44-33-37-50-49-22-9-12-29-58(49)64-59(50)39-44)56-27-10-7-20-47(56)51-24-14-19-43-18-13-23-46(60(43)51)42-16-5-4-6-17-42/h4-37,39-40H,38H2,1-3H3. The molecule has 2 aliphatic rings. The maximum Gasteiger partial charge on any atom is 0.136 e. The second kappa shape index (κ2) is 15.0. The van der Waals surface area contributed by atoms with Crippen molar-refractivity contribution in [1.82, 2.24) is 0 Å². The summed E-state index contributed by atoms with van der Waals surface area (Å²) in [5.74, 6) is 0.523. The molecule has 0 N–H and O–H groups in total. The van der Waals surface area contributed by atoms with Gasteiger partial charge in [0.2, 0.25) is 0 Å². The molecule has 2 aliphatic carbocycles. The zero-order chi connectivity index (χ0) is 42.9. The molecule has 9 aromatic carbocycles. The van der Waals surface area contributed by atoms with Gasteiger partial charge in [0.15, 0.2) is 0 Å². The summed E-state index contributed by atoms with van der Waals surface area (Å²) in [6, 6.07) is 73.1. The molecule has 2 heteroatoms. The Balaban J connectivity index is 1.07. The van der Waals surface area contributed by atoms with Gasteiger partial charge in [-0.3, -0.25) is 0 Å². The Bertz CT molecular complexity index is 3500. The van der Waals surface area contributed by atoms with Crippen molar-refractivity contribution in [2.24, 2.45) is 5.92 Å². The van der Waals surface area contributed by atoms with Gasteiger partial charge in [-0.1, -0.05) is 196 Å². The maximum absolute atomic E-state index is 6.34. The molecule has 0 saturated heterocycles. The summed E-state index contributed by atoms with van der Waals surface area (Å²) in [6.07, 6.45) is 5.89. The summed E-state index contributed by atoms with van der Waals surface area (Å²) >= 11 is 0. The number of para-hydroxylation sites is 3. The normalized spacial score (nSPS) is 15.2. The molecule has 0 radical (unpaired) electrons. The first-order chi connectivity index (χ1) is 31.4. The topological polar surface area (TPSA) is 16.4 Å². The molecule has 12 rings (SSSR count). The third-order valence-corrected chi connectivity index (χ3v) is 13.9. The van der Waals surface area contributed by atoms with Gasteiger partial charge in [-0.05, 0) is 116 Å². The van der Waals surface area contributed by atoms with Crippen LogP contribution in [0.5, 0.6) is 0 Å². The Morgan fingerprint density at radius 2 is 1.11 bits per heavy atom. The minimum absolute atomic E-state index is 0.0486. The number of furan rings is 1. The molecule has 0 fully saturated rings. The van der Waals surface area contributed by atoms with Crippen LogP contribution >= 0.6 is 0 Å². The molecule has 1 atom stereocenters. The molecule has 0 bridgehead atoms. The van der Waals surface area contributed by atoms with E-state index < -0.39 is 0 Å². The zero-order valence-electron chi connectivity index (χ0n) is 36.3. The highest BCUT2D eigenvalue weighted by Gasteiger charge is 2.40. The van der Waals surface area contributed by atoms with Gasteiger partial charge in [0.05, 0.1) is 11.4 Å². The van der Waals surface area contributed by atoms with Crippen molar-refractivity contribution in [2.75, 3.05) is 4.90 Å². The first-order valence-corrected chi connectivity index (χ1v) is 22.6. The number of benzene rings is 9. The fourth-order valence-corrected chi connectivity index (χ4v) is 10.8. The summed E-state index contributed by atoms with van der Waals surface area (Å²) < 4.78 is 6.34. The van der Waals surface area contributed by atoms with Gasteiger partial charge in [-0.25, -0.2) is 0 Å². The van der Waals surface area contributed by atoms with Gasteiger partial charge in [0, 0.05) is 33.0 Å². The average molecular weight is 822 g/mol. The highest BCUT2D eigenvalue weighted by molar-refractivity contribution is 6.10. The number of fused-ring (bicyclic) bond motifs is 6. The number of hydrogen-bond acceptors (Lipinski definition) is 2. The van der Waals surface area contributed by atoms with E-state index in [1.54, 1.807) is 5.57 Å². The first kappa shape index (κ1) is 38.0. The number of allylic oxidation sites excluding steroid dienone is 4. The molecule has 1 aromatic heterocycles. The molecule has 1 unspecified atom stereocenters. The van der Waals surface area contributed by atoms with E-state index in [0.29, 0.717) is 5.92 Å². The molecule has 10 aromatic rings. The van der Waals surface area contributed by atoms with Crippen LogP contribution in [0, 0.1) is 5.92 Å². The van der Waals surface area contributed by atoms with E-state index in [1.807, 2.05) is 12.1 Å². The number of nitrogens with zero attached hydrogens (tertiary/aromatic N) is 1. The molecule has 64 heavy (non-hydrogen) atoms. The van der Waals surface area contributed by atoms with Crippen molar-refractivity contribution in [1.29, 1.82) is 0 Å². The second-order valence-electron chi connectivity index (χ2n) is 18.1. The Labute approximate surface area is 375 Å². The van der Waals surface area contributed by atoms with E-state index in [4.69, 9.17) is 4.42 Å². The third-order valence-electron chi connectivity index (χ3n) is 13.9. The van der Waals surface area contributed by atoms with Gasteiger partial charge in [-0.15, -0.1) is 0 Å². The van der Waals surface area contributed by atoms with Gasteiger partial charge in [-0.2, -0.15) is 0 Å². The molecule has 0 aliphatic heterocycles. The molecule has 0 saturated carbocycles. The van der Waals surface area contributed by atoms with Crippen molar-refractivity contribution in [3.05, 3.63) is 229 Å². The summed E-state index contributed by atoms with van der Waals surface area (Å²) in [7, 11) is 0. The van der Waals surface area contributed by atoms with Crippen LogP contribution in [0.15, 0.2) is 222 Å². The van der Waals surface area contributed by atoms with Crippen LogP contribution in [0.3, 0.4) is 0 Å². The predicted molar refractivity (Wildman–Crippen MR) is 271 cm³/mol. The largest absolute Gasteiger partial charge is 0.456 e. The smallest absolute Gasteiger partial charge is 0.136 e. The minimum atomic E-state index is -0.0486. The van der Waals surface area contributed by atoms with Crippen LogP contribution in [0.2, 0.25) is 0 Å². The molecule has 306 valence electrons. The lowest BCUT2D eigenvalue weighted by Crippen LogP contribution is -2.19. The van der Waals surface area contributed by atoms with Crippen LogP contribution in [0.25, 0.3) is 82.8 Å². The number of anilines is 3. The van der Waals surface area contributed by atoms with Gasteiger partial charge in [0.25, 0.3) is 0 Å². The third kappa shape index (κ3) is 6.08. The maximum atomic E-state index is 6.34. The van der Waals surface area contributed by atoms with Gasteiger partial charge >= 0.3 is 0 Å². The summed E-state index contributed by atoms with van der Waals surface area (Å²) in [5, 5.41) is 4.74. The number of hydrogen-bond donors (Lipinski definition) is 0. The highest BCUT2D eigenvalue weighted by atomic mass is 16.3. The van der Waals surface area contributed by atoms with E-state index in [0.717, 1.165) is 56.5 Å². The fourth-order valence-electron chi connectivity index (χ4n) is 10.8. The van der Waals surface area contributed by atoms with Crippen molar-refractivity contribution >= 4 is 55.3 Å². The second-order valence-corrected chi connectivity index (χ2v) is 18.1. The van der Waals surface area contributed by atoms with Crippen LogP contribution in [-0.2, 0) is 5.41 Å². The SMILES string of the molecule is CC1C=CC2=C(C1)C(C)(C)c1cccc(-c3ccccc3N(c3ccc(-c4ccc5c(c4)oc4ccccc45)cc3)c3ccccc3-c3cccc4cccc(-c5ccccc5)c34)c12. The lowest BCUT2D eigenvalue weighted by atomic mass is 9.76. The van der Waals surface area contributed by atoms with E-state index in [-0.39, 0.29) is 5.41 Å². The first-order valence-electron chi connectivity index (χ1n) is 22.6. The Hall–Kier alpha value is -7.68. The van der Waals surface area contributed by atoms with Crippen molar-refractivity contribution in [2.45, 2.75) is 32.6 Å². The number of rotatable bonds is 7. The quantitative estimate of drug-likeness (QED) is 0.159. The predicted octanol–water partition coefficient (Wildman–Crippen LogP) is 17.5. The Kier molecular flexibility index (Phi) is 8.91. The fraction of sp³-hybridized carbons (Fsp3) is 0.0968. The van der Waals surface area contributed by atoms with E-state index in [2.05, 4.69) is 226 Å². The van der Waals surface area contributed by atoms with Gasteiger partial charge < -0.3 is 9.32 Å². The van der Waals surface area contributed by atoms with Crippen molar-refractivity contribution in [3.63, 3.8) is 0 Å². The van der Waals surface area contributed by atoms with Crippen LogP contribution in [0.4, 0.5) is 17.1 Å². The van der Waals surface area contributed by atoms with E-state index >= 15 is 0 Å². The van der Waals surface area contributed by atoms with Crippen LogP contribution in [0.1, 0.15) is 38.3 Å². The molecule has 1 heterocycles.